The molecule has 47 heavy (non-hydrogen) atoms. The number of sulfone groups is 1. The third-order valence-corrected chi connectivity index (χ3v) is 12.9. The van der Waals surface area contributed by atoms with Crippen molar-refractivity contribution in [3.8, 4) is 0 Å². The predicted octanol–water partition coefficient (Wildman–Crippen LogP) is 1.61. The normalized spacial score (nSPS) is 19.6. The molecule has 4 rings (SSSR count). The number of nitrogens with two attached hydrogens (primary N) is 1. The second-order valence-electron chi connectivity index (χ2n) is 11.0. The van der Waals surface area contributed by atoms with Gasteiger partial charge in [-0.1, -0.05) is 66.6 Å². The Bertz CT molecular complexity index is 1840. The van der Waals surface area contributed by atoms with Gasteiger partial charge in [0.05, 0.1) is 5.25 Å². The van der Waals surface area contributed by atoms with Gasteiger partial charge in [-0.15, -0.1) is 11.3 Å². The minimum atomic E-state index is -3.96. The van der Waals surface area contributed by atoms with E-state index in [9.17, 15) is 56.4 Å². The lowest BCUT2D eigenvalue weighted by Gasteiger charge is -2.34. The molecule has 0 amide bonds. The molecule has 17 heteroatoms. The molecule has 0 saturated carbocycles. The van der Waals surface area contributed by atoms with Crippen molar-refractivity contribution in [2.45, 2.75) is 65.0 Å². The van der Waals surface area contributed by atoms with Gasteiger partial charge in [-0.2, -0.15) is 0 Å². The number of sulfonamides is 1. The SMILES string of the molecule is CCN[C@H]1C[C@H](C)S(=O)(=O)c2sc(S(N)(=O)=O)cc21.Cc1ccc(C(=O)C(O)(C(=O)O)C(O)(C(=O)O)C(=O)c2ccc(C)cc2)cc1. The average Bonchev–Trinajstić information content (AvgIpc) is 3.47. The van der Waals surface area contributed by atoms with E-state index < -0.39 is 59.8 Å². The van der Waals surface area contributed by atoms with Crippen LogP contribution >= 0.6 is 11.3 Å². The molecule has 254 valence electrons. The average molecular weight is 711 g/mol. The van der Waals surface area contributed by atoms with Crippen LogP contribution in [0, 0.1) is 13.8 Å². The number of carbonyl (C=O) groups is 4. The van der Waals surface area contributed by atoms with Gasteiger partial charge in [-0.05, 0) is 39.8 Å². The highest BCUT2D eigenvalue weighted by molar-refractivity contribution is 7.95. The molecule has 2 aromatic carbocycles. The molecule has 4 atom stereocenters. The van der Waals surface area contributed by atoms with Crippen LogP contribution in [0.15, 0.2) is 63.0 Å². The van der Waals surface area contributed by atoms with E-state index in [1.54, 1.807) is 20.8 Å². The van der Waals surface area contributed by atoms with Gasteiger partial charge in [0, 0.05) is 22.7 Å². The summed E-state index contributed by atoms with van der Waals surface area (Å²) in [5, 5.41) is 48.0. The molecule has 1 aliphatic rings. The number of aliphatic carboxylic acids is 2. The quantitative estimate of drug-likeness (QED) is 0.129. The van der Waals surface area contributed by atoms with Crippen LogP contribution in [0.1, 0.15) is 63.7 Å². The summed E-state index contributed by atoms with van der Waals surface area (Å²) in [5.41, 5.74) is -6.75. The molecule has 0 fully saturated rings. The van der Waals surface area contributed by atoms with E-state index in [-0.39, 0.29) is 25.6 Å². The Morgan fingerprint density at radius 1 is 0.894 bits per heavy atom. The second kappa shape index (κ2) is 13.7. The first-order valence-corrected chi connectivity index (χ1v) is 17.8. The molecule has 0 radical (unpaired) electrons. The molecule has 0 aliphatic carbocycles. The number of benzene rings is 2. The molecule has 2 unspecified atom stereocenters. The van der Waals surface area contributed by atoms with Crippen LogP contribution in [0.5, 0.6) is 0 Å². The summed E-state index contributed by atoms with van der Waals surface area (Å²) in [4.78, 5) is 49.1. The third-order valence-electron chi connectivity index (χ3n) is 7.59. The van der Waals surface area contributed by atoms with E-state index in [2.05, 4.69) is 5.32 Å². The van der Waals surface area contributed by atoms with Crippen molar-refractivity contribution >= 4 is 54.7 Å². The molecule has 1 aromatic heterocycles. The van der Waals surface area contributed by atoms with Crippen LogP contribution in [0.2, 0.25) is 0 Å². The summed E-state index contributed by atoms with van der Waals surface area (Å²) >= 11 is 0.742. The summed E-state index contributed by atoms with van der Waals surface area (Å²) in [6.07, 6.45) is 0.434. The summed E-state index contributed by atoms with van der Waals surface area (Å²) in [5.74, 6) is -8.01. The zero-order valence-corrected chi connectivity index (χ0v) is 28.1. The van der Waals surface area contributed by atoms with Crippen LogP contribution < -0.4 is 10.5 Å². The van der Waals surface area contributed by atoms with E-state index >= 15 is 0 Å². The molecule has 7 N–H and O–H groups in total. The standard InChI is InChI=1S/C20H18O8.C10H16N2O4S3/c1-11-3-7-13(8-4-11)15(21)19(27,17(23)24)20(28,18(25)26)16(22)14-9-5-12(2)6-10-14;1-3-12-8-4-6(2)18(13,14)10-7(8)5-9(17-10)19(11,15)16/h3-10,27-28H,1-2H3,(H,23,24)(H,25,26);5-6,8,12H,3-4H2,1-2H3,(H2,11,15,16)/t;6-,8-/m.0/s1. The number of hydrogen-bond acceptors (Lipinski definition) is 12. The number of Topliss-reactive ketones (excluding diaryl/α,β-unsaturated/α-hetero) is 2. The number of aryl methyl sites for hydroxylation is 2. The first-order chi connectivity index (χ1) is 21.6. The monoisotopic (exact) mass is 710 g/mol. The molecular formula is C30H34N2O12S3. The molecule has 3 aromatic rings. The largest absolute Gasteiger partial charge is 0.479 e. The molecule has 0 saturated heterocycles. The number of thiophene rings is 1. The minimum absolute atomic E-state index is 0.0990. The molecular weight excluding hydrogens is 677 g/mol. The highest BCUT2D eigenvalue weighted by Crippen LogP contribution is 2.42. The fourth-order valence-corrected chi connectivity index (χ4v) is 9.26. The number of primary sulfonamides is 1. The van der Waals surface area contributed by atoms with Gasteiger partial charge < -0.3 is 25.7 Å². The number of ketones is 2. The number of nitrogens with one attached hydrogen (secondary N) is 1. The third kappa shape index (κ3) is 7.06. The van der Waals surface area contributed by atoms with E-state index in [0.717, 1.165) is 35.6 Å². The van der Waals surface area contributed by atoms with Gasteiger partial charge in [0.1, 0.15) is 8.42 Å². The molecule has 0 bridgehead atoms. The van der Waals surface area contributed by atoms with Crippen molar-refractivity contribution in [3.05, 3.63) is 82.4 Å². The van der Waals surface area contributed by atoms with Crippen molar-refractivity contribution in [1.82, 2.24) is 5.32 Å². The first-order valence-electron chi connectivity index (χ1n) is 13.9. The lowest BCUT2D eigenvalue weighted by atomic mass is 9.73. The maximum atomic E-state index is 12.8. The lowest BCUT2D eigenvalue weighted by Crippen LogP contribution is -2.71. The maximum absolute atomic E-state index is 12.8. The summed E-state index contributed by atoms with van der Waals surface area (Å²) in [7, 11) is -7.33. The fraction of sp³-hybridized carbons (Fsp3) is 0.333. The Balaban J connectivity index is 0.000000274. The summed E-state index contributed by atoms with van der Waals surface area (Å²) in [6, 6.07) is 11.6. The Labute approximate surface area is 274 Å². The van der Waals surface area contributed by atoms with Crippen molar-refractivity contribution in [1.29, 1.82) is 0 Å². The molecule has 14 nitrogen and oxygen atoms in total. The molecule has 0 spiro atoms. The van der Waals surface area contributed by atoms with E-state index in [4.69, 9.17) is 5.14 Å². The van der Waals surface area contributed by atoms with Crippen molar-refractivity contribution in [3.63, 3.8) is 0 Å². The number of aliphatic hydroxyl groups is 2. The van der Waals surface area contributed by atoms with Gasteiger partial charge >= 0.3 is 11.9 Å². The number of hydrogen-bond donors (Lipinski definition) is 6. The van der Waals surface area contributed by atoms with Gasteiger partial charge in [0.15, 0.2) is 9.84 Å². The fourth-order valence-electron chi connectivity index (χ4n) is 4.84. The summed E-state index contributed by atoms with van der Waals surface area (Å²) in [6.45, 7) is 7.61. The Hall–Kier alpha value is -3.84. The zero-order valence-electron chi connectivity index (χ0n) is 25.6. The van der Waals surface area contributed by atoms with Crippen LogP contribution in [-0.4, -0.2) is 83.8 Å². The Morgan fingerprint density at radius 2 is 1.30 bits per heavy atom. The van der Waals surface area contributed by atoms with Crippen molar-refractivity contribution in [2.24, 2.45) is 5.14 Å². The summed E-state index contributed by atoms with van der Waals surface area (Å²) < 4.78 is 47.3. The van der Waals surface area contributed by atoms with Crippen LogP contribution in [0.25, 0.3) is 0 Å². The van der Waals surface area contributed by atoms with E-state index in [1.165, 1.54) is 30.3 Å². The topological polar surface area (TPSA) is 256 Å². The number of carboxylic acids is 2. The lowest BCUT2D eigenvalue weighted by molar-refractivity contribution is -0.187. The molecule has 2 heterocycles. The number of fused-ring (bicyclic) bond motifs is 1. The zero-order chi connectivity index (χ0) is 35.7. The van der Waals surface area contributed by atoms with Crippen molar-refractivity contribution in [2.75, 3.05) is 6.54 Å². The van der Waals surface area contributed by atoms with Gasteiger partial charge in [-0.3, -0.25) is 9.59 Å². The van der Waals surface area contributed by atoms with Crippen molar-refractivity contribution < 1.29 is 56.4 Å². The molecule has 1 aliphatic heterocycles. The smallest absolute Gasteiger partial charge is 0.348 e. The van der Waals surface area contributed by atoms with Gasteiger partial charge in [-0.25, -0.2) is 31.6 Å². The van der Waals surface area contributed by atoms with E-state index in [0.29, 0.717) is 29.7 Å². The van der Waals surface area contributed by atoms with Gasteiger partial charge in [0.25, 0.3) is 11.2 Å². The predicted molar refractivity (Wildman–Crippen MR) is 170 cm³/mol. The second-order valence-corrected chi connectivity index (χ2v) is 16.4. The highest BCUT2D eigenvalue weighted by Gasteiger charge is 2.69. The van der Waals surface area contributed by atoms with Gasteiger partial charge in [0.2, 0.25) is 21.6 Å². The Morgan fingerprint density at radius 3 is 1.64 bits per heavy atom. The van der Waals surface area contributed by atoms with Crippen LogP contribution in [0.4, 0.5) is 0 Å². The highest BCUT2D eigenvalue weighted by atomic mass is 32.3. The maximum Gasteiger partial charge on any atom is 0.348 e. The number of carbonyl (C=O) groups excluding carboxylic acids is 2. The Kier molecular flexibility index (Phi) is 11.0. The first kappa shape index (κ1) is 37.6. The minimum Gasteiger partial charge on any atom is -0.479 e. The van der Waals surface area contributed by atoms with Crippen LogP contribution in [-0.2, 0) is 29.4 Å². The number of carboxylic acid groups (broad SMARTS) is 2. The number of rotatable bonds is 10. The van der Waals surface area contributed by atoms with E-state index in [1.807, 2.05) is 6.92 Å². The van der Waals surface area contributed by atoms with Crippen LogP contribution in [0.3, 0.4) is 0 Å².